The molecule has 23 heavy (non-hydrogen) atoms. The number of methoxy groups -OCH3 is 2. The Labute approximate surface area is 140 Å². The van der Waals surface area contributed by atoms with Crippen molar-refractivity contribution < 1.29 is 14.3 Å². The Kier molecular flexibility index (Phi) is 5.82. The summed E-state index contributed by atoms with van der Waals surface area (Å²) in [6.07, 6.45) is 3.37. The van der Waals surface area contributed by atoms with Gasteiger partial charge in [-0.25, -0.2) is 0 Å². The summed E-state index contributed by atoms with van der Waals surface area (Å²) in [5.74, 6) is 0.847. The predicted molar refractivity (Wildman–Crippen MR) is 88.9 cm³/mol. The van der Waals surface area contributed by atoms with Crippen LogP contribution in [0, 0.1) is 0 Å². The molecule has 2 atom stereocenters. The zero-order valence-corrected chi connectivity index (χ0v) is 14.0. The van der Waals surface area contributed by atoms with Gasteiger partial charge in [-0.2, -0.15) is 0 Å². The second kappa shape index (κ2) is 7.83. The Balaban J connectivity index is 2.10. The fourth-order valence-electron chi connectivity index (χ4n) is 2.18. The highest BCUT2D eigenvalue weighted by Crippen LogP contribution is 2.32. The largest absolute Gasteiger partial charge is 0.493 e. The SMILES string of the molecule is COc1ccc(C(Cl)C(=O)NC(C)c2ccncc2)cc1OC. The lowest BCUT2D eigenvalue weighted by atomic mass is 10.1. The van der Waals surface area contributed by atoms with E-state index in [1.165, 1.54) is 7.11 Å². The topological polar surface area (TPSA) is 60.5 Å². The number of aromatic nitrogens is 1. The first kappa shape index (κ1) is 17.1. The van der Waals surface area contributed by atoms with Crippen molar-refractivity contribution in [3.05, 3.63) is 53.9 Å². The van der Waals surface area contributed by atoms with E-state index in [1.807, 2.05) is 19.1 Å². The van der Waals surface area contributed by atoms with E-state index in [4.69, 9.17) is 21.1 Å². The molecule has 0 aliphatic heterocycles. The van der Waals surface area contributed by atoms with Crippen molar-refractivity contribution in [1.29, 1.82) is 0 Å². The van der Waals surface area contributed by atoms with Gasteiger partial charge in [-0.05, 0) is 42.3 Å². The number of nitrogens with one attached hydrogen (secondary N) is 1. The molecule has 0 fully saturated rings. The standard InChI is InChI=1S/C17H19ClN2O3/c1-11(12-6-8-19-9-7-12)20-17(21)16(18)13-4-5-14(22-2)15(10-13)23-3/h4-11,16H,1-3H3,(H,20,21). The number of pyridine rings is 1. The average molecular weight is 335 g/mol. The monoisotopic (exact) mass is 334 g/mol. The zero-order valence-electron chi connectivity index (χ0n) is 13.2. The summed E-state index contributed by atoms with van der Waals surface area (Å²) in [7, 11) is 3.09. The molecule has 1 heterocycles. The number of nitrogens with zero attached hydrogens (tertiary/aromatic N) is 1. The lowest BCUT2D eigenvalue weighted by molar-refractivity contribution is -0.121. The summed E-state index contributed by atoms with van der Waals surface area (Å²) in [6.45, 7) is 1.89. The molecule has 1 amide bonds. The molecule has 2 rings (SSSR count). The minimum atomic E-state index is -0.820. The van der Waals surface area contributed by atoms with Crippen molar-refractivity contribution >= 4 is 17.5 Å². The molecular weight excluding hydrogens is 316 g/mol. The number of amides is 1. The van der Waals surface area contributed by atoms with Crippen LogP contribution in [0.3, 0.4) is 0 Å². The Morgan fingerprint density at radius 2 is 1.74 bits per heavy atom. The number of halogens is 1. The van der Waals surface area contributed by atoms with E-state index in [1.54, 1.807) is 37.7 Å². The van der Waals surface area contributed by atoms with Gasteiger partial charge in [0.05, 0.1) is 20.3 Å². The predicted octanol–water partition coefficient (Wildman–Crippen LogP) is 3.26. The van der Waals surface area contributed by atoms with E-state index >= 15 is 0 Å². The van der Waals surface area contributed by atoms with E-state index in [0.29, 0.717) is 17.1 Å². The molecule has 6 heteroatoms. The molecule has 2 aromatic rings. The van der Waals surface area contributed by atoms with Crippen molar-refractivity contribution in [3.63, 3.8) is 0 Å². The van der Waals surface area contributed by atoms with Gasteiger partial charge in [0.25, 0.3) is 0 Å². The van der Waals surface area contributed by atoms with Crippen LogP contribution in [0.5, 0.6) is 11.5 Å². The first-order valence-corrected chi connectivity index (χ1v) is 7.56. The molecular formula is C17H19ClN2O3. The van der Waals surface area contributed by atoms with Gasteiger partial charge in [0.1, 0.15) is 5.38 Å². The Bertz CT molecular complexity index is 664. The highest BCUT2D eigenvalue weighted by atomic mass is 35.5. The van der Waals surface area contributed by atoms with E-state index in [0.717, 1.165) is 5.56 Å². The van der Waals surface area contributed by atoms with Gasteiger partial charge in [0.2, 0.25) is 5.91 Å². The van der Waals surface area contributed by atoms with E-state index < -0.39 is 5.38 Å². The number of carbonyl (C=O) groups is 1. The third-order valence-electron chi connectivity index (χ3n) is 3.50. The Hall–Kier alpha value is -2.27. The van der Waals surface area contributed by atoms with Crippen LogP contribution in [0.4, 0.5) is 0 Å². The van der Waals surface area contributed by atoms with Crippen molar-refractivity contribution in [3.8, 4) is 11.5 Å². The fourth-order valence-corrected chi connectivity index (χ4v) is 2.38. The molecule has 0 saturated heterocycles. The molecule has 0 saturated carbocycles. The van der Waals surface area contributed by atoms with E-state index in [-0.39, 0.29) is 11.9 Å². The van der Waals surface area contributed by atoms with Crippen LogP contribution < -0.4 is 14.8 Å². The summed E-state index contributed by atoms with van der Waals surface area (Å²) in [5, 5.41) is 2.07. The number of benzene rings is 1. The summed E-state index contributed by atoms with van der Waals surface area (Å²) >= 11 is 6.29. The molecule has 0 radical (unpaired) electrons. The second-order valence-corrected chi connectivity index (χ2v) is 5.42. The normalized spacial score (nSPS) is 13.0. The lowest BCUT2D eigenvalue weighted by Crippen LogP contribution is -2.29. The van der Waals surface area contributed by atoms with Gasteiger partial charge in [-0.3, -0.25) is 9.78 Å². The van der Waals surface area contributed by atoms with Crippen LogP contribution in [-0.2, 0) is 4.79 Å². The maximum Gasteiger partial charge on any atom is 0.243 e. The van der Waals surface area contributed by atoms with Crippen LogP contribution in [0.15, 0.2) is 42.7 Å². The quantitative estimate of drug-likeness (QED) is 0.824. The third-order valence-corrected chi connectivity index (χ3v) is 3.95. The second-order valence-electron chi connectivity index (χ2n) is 4.99. The summed E-state index contributed by atoms with van der Waals surface area (Å²) in [5.41, 5.74) is 1.60. The molecule has 0 aliphatic carbocycles. The third kappa shape index (κ3) is 4.13. The molecule has 1 aromatic carbocycles. The number of ether oxygens (including phenoxy) is 2. The minimum Gasteiger partial charge on any atom is -0.493 e. The van der Waals surface area contributed by atoms with Crippen molar-refractivity contribution in [2.45, 2.75) is 18.3 Å². The van der Waals surface area contributed by atoms with Gasteiger partial charge >= 0.3 is 0 Å². The van der Waals surface area contributed by atoms with Gasteiger partial charge in [-0.1, -0.05) is 6.07 Å². The number of hydrogen-bond acceptors (Lipinski definition) is 4. The van der Waals surface area contributed by atoms with Crippen LogP contribution in [0.25, 0.3) is 0 Å². The first-order valence-electron chi connectivity index (χ1n) is 7.13. The zero-order chi connectivity index (χ0) is 16.8. The highest BCUT2D eigenvalue weighted by Gasteiger charge is 2.21. The van der Waals surface area contributed by atoms with Crippen molar-refractivity contribution in [2.24, 2.45) is 0 Å². The van der Waals surface area contributed by atoms with Crippen molar-refractivity contribution in [1.82, 2.24) is 10.3 Å². The average Bonchev–Trinajstić information content (AvgIpc) is 2.61. The number of alkyl halides is 1. The van der Waals surface area contributed by atoms with Gasteiger partial charge in [0, 0.05) is 12.4 Å². The first-order chi connectivity index (χ1) is 11.1. The van der Waals surface area contributed by atoms with E-state index in [2.05, 4.69) is 10.3 Å². The van der Waals surface area contributed by atoms with Crippen LogP contribution >= 0.6 is 11.6 Å². The Morgan fingerprint density at radius 1 is 1.09 bits per heavy atom. The smallest absolute Gasteiger partial charge is 0.243 e. The molecule has 122 valence electrons. The highest BCUT2D eigenvalue weighted by molar-refractivity contribution is 6.30. The summed E-state index contributed by atoms with van der Waals surface area (Å²) < 4.78 is 10.4. The maximum atomic E-state index is 12.4. The molecule has 0 spiro atoms. The van der Waals surface area contributed by atoms with Gasteiger partial charge in [0.15, 0.2) is 11.5 Å². The van der Waals surface area contributed by atoms with E-state index in [9.17, 15) is 4.79 Å². The fraction of sp³-hybridized carbons (Fsp3) is 0.294. The molecule has 0 aliphatic rings. The molecule has 5 nitrogen and oxygen atoms in total. The molecule has 1 N–H and O–H groups in total. The molecule has 0 bridgehead atoms. The summed E-state index contributed by atoms with van der Waals surface area (Å²) in [4.78, 5) is 16.3. The number of rotatable bonds is 6. The lowest BCUT2D eigenvalue weighted by Gasteiger charge is -2.18. The van der Waals surface area contributed by atoms with Crippen LogP contribution in [0.1, 0.15) is 29.5 Å². The molecule has 2 unspecified atom stereocenters. The van der Waals surface area contributed by atoms with Crippen molar-refractivity contribution in [2.75, 3.05) is 14.2 Å². The van der Waals surface area contributed by atoms with Crippen LogP contribution in [-0.4, -0.2) is 25.1 Å². The minimum absolute atomic E-state index is 0.160. The van der Waals surface area contributed by atoms with Crippen LogP contribution in [0.2, 0.25) is 0 Å². The van der Waals surface area contributed by atoms with Gasteiger partial charge < -0.3 is 14.8 Å². The molecule has 1 aromatic heterocycles. The Morgan fingerprint density at radius 3 is 2.35 bits per heavy atom. The summed E-state index contributed by atoms with van der Waals surface area (Å²) in [6, 6.07) is 8.72. The van der Waals surface area contributed by atoms with Gasteiger partial charge in [-0.15, -0.1) is 11.6 Å². The number of hydrogen-bond donors (Lipinski definition) is 1. The maximum absolute atomic E-state index is 12.4. The number of carbonyl (C=O) groups excluding carboxylic acids is 1.